The molecular formula is C18H25N3O5S. The second-order valence-electron chi connectivity index (χ2n) is 7.27. The minimum atomic E-state index is -3.44. The molecule has 3 aliphatic rings. The lowest BCUT2D eigenvalue weighted by atomic mass is 9.86. The quantitative estimate of drug-likeness (QED) is 0.715. The molecule has 27 heavy (non-hydrogen) atoms. The molecule has 3 rings (SSSR count). The normalized spacial score (nSPS) is 27.7. The maximum Gasteiger partial charge on any atom is 0.340 e. The lowest BCUT2D eigenvalue weighted by molar-refractivity contribution is -0.151. The molecule has 3 unspecified atom stereocenters. The van der Waals surface area contributed by atoms with E-state index in [1.54, 1.807) is 11.8 Å². The lowest BCUT2D eigenvalue weighted by Gasteiger charge is -2.30. The van der Waals surface area contributed by atoms with Crippen LogP contribution in [-0.2, 0) is 24.3 Å². The SMILES string of the molecule is CC(OC(=O)C1=CN2CCS(=O)(=O)N=C2C=C1)C(=O)NC1CCCCC1C. The van der Waals surface area contributed by atoms with Crippen LogP contribution in [0.25, 0.3) is 0 Å². The molecule has 1 fully saturated rings. The molecule has 0 aromatic rings. The summed E-state index contributed by atoms with van der Waals surface area (Å²) in [6, 6.07) is 0.121. The van der Waals surface area contributed by atoms with Crippen molar-refractivity contribution in [2.24, 2.45) is 10.3 Å². The van der Waals surface area contributed by atoms with Crippen LogP contribution in [-0.4, -0.2) is 55.5 Å². The number of amides is 1. The third-order valence-electron chi connectivity index (χ3n) is 5.15. The Balaban J connectivity index is 1.58. The Labute approximate surface area is 159 Å². The van der Waals surface area contributed by atoms with E-state index in [4.69, 9.17) is 4.74 Å². The first-order chi connectivity index (χ1) is 12.7. The molecule has 1 N–H and O–H groups in total. The smallest absolute Gasteiger partial charge is 0.340 e. The van der Waals surface area contributed by atoms with Gasteiger partial charge in [-0.1, -0.05) is 19.8 Å². The van der Waals surface area contributed by atoms with Crippen molar-refractivity contribution in [3.05, 3.63) is 23.9 Å². The topological polar surface area (TPSA) is 105 Å². The molecule has 1 amide bonds. The Morgan fingerprint density at radius 2 is 2.04 bits per heavy atom. The minimum Gasteiger partial charge on any atom is -0.449 e. The number of amidine groups is 1. The largest absolute Gasteiger partial charge is 0.449 e. The number of hydrogen-bond donors (Lipinski definition) is 1. The van der Waals surface area contributed by atoms with Crippen LogP contribution in [0.5, 0.6) is 0 Å². The van der Waals surface area contributed by atoms with E-state index in [0.717, 1.165) is 19.3 Å². The van der Waals surface area contributed by atoms with Crippen molar-refractivity contribution in [2.75, 3.05) is 12.3 Å². The Bertz CT molecular complexity index is 815. The summed E-state index contributed by atoms with van der Waals surface area (Å²) in [7, 11) is -3.44. The number of rotatable bonds is 4. The highest BCUT2D eigenvalue weighted by molar-refractivity contribution is 7.90. The fraction of sp³-hybridized carbons (Fsp3) is 0.611. The van der Waals surface area contributed by atoms with Crippen molar-refractivity contribution < 1.29 is 22.7 Å². The summed E-state index contributed by atoms with van der Waals surface area (Å²) >= 11 is 0. The summed E-state index contributed by atoms with van der Waals surface area (Å²) in [5, 5.41) is 2.98. The minimum absolute atomic E-state index is 0.110. The zero-order valence-electron chi connectivity index (χ0n) is 15.6. The maximum atomic E-state index is 12.4. The van der Waals surface area contributed by atoms with Crippen molar-refractivity contribution in [3.8, 4) is 0 Å². The molecule has 0 aromatic carbocycles. The van der Waals surface area contributed by atoms with E-state index in [2.05, 4.69) is 16.6 Å². The van der Waals surface area contributed by atoms with Gasteiger partial charge in [0.25, 0.3) is 15.9 Å². The zero-order valence-corrected chi connectivity index (χ0v) is 16.4. The molecule has 0 saturated heterocycles. The molecule has 1 saturated carbocycles. The van der Waals surface area contributed by atoms with Crippen molar-refractivity contribution in [1.82, 2.24) is 10.2 Å². The number of ether oxygens (including phenoxy) is 1. The first-order valence-corrected chi connectivity index (χ1v) is 10.9. The summed E-state index contributed by atoms with van der Waals surface area (Å²) in [5.41, 5.74) is 0.249. The van der Waals surface area contributed by atoms with Crippen LogP contribution < -0.4 is 5.32 Å². The Hall–Kier alpha value is -2.16. The van der Waals surface area contributed by atoms with Crippen LogP contribution in [0.15, 0.2) is 28.3 Å². The fourth-order valence-electron chi connectivity index (χ4n) is 3.43. The Morgan fingerprint density at radius 1 is 1.30 bits per heavy atom. The van der Waals surface area contributed by atoms with Gasteiger partial charge in [-0.05, 0) is 37.8 Å². The maximum absolute atomic E-state index is 12.4. The Morgan fingerprint density at radius 3 is 2.78 bits per heavy atom. The van der Waals surface area contributed by atoms with Crippen LogP contribution in [0.3, 0.4) is 0 Å². The van der Waals surface area contributed by atoms with Crippen LogP contribution in [0.1, 0.15) is 39.5 Å². The predicted octanol–water partition coefficient (Wildman–Crippen LogP) is 1.11. The monoisotopic (exact) mass is 395 g/mol. The lowest BCUT2D eigenvalue weighted by Crippen LogP contribution is -2.46. The highest BCUT2D eigenvalue weighted by Crippen LogP contribution is 2.24. The van der Waals surface area contributed by atoms with E-state index < -0.39 is 22.1 Å². The van der Waals surface area contributed by atoms with Gasteiger partial charge in [-0.3, -0.25) is 4.79 Å². The number of esters is 1. The summed E-state index contributed by atoms with van der Waals surface area (Å²) in [5.74, 6) is -0.342. The number of carbonyl (C=O) groups is 2. The highest BCUT2D eigenvalue weighted by Gasteiger charge is 2.29. The van der Waals surface area contributed by atoms with E-state index in [-0.39, 0.29) is 35.7 Å². The summed E-state index contributed by atoms with van der Waals surface area (Å²) in [6.45, 7) is 3.89. The van der Waals surface area contributed by atoms with Gasteiger partial charge in [-0.15, -0.1) is 4.40 Å². The molecule has 0 spiro atoms. The second-order valence-corrected chi connectivity index (χ2v) is 9.03. The molecule has 2 aliphatic heterocycles. The van der Waals surface area contributed by atoms with Gasteiger partial charge < -0.3 is 15.0 Å². The number of sulfonamides is 1. The molecule has 0 radical (unpaired) electrons. The van der Waals surface area contributed by atoms with Gasteiger partial charge in [-0.2, -0.15) is 0 Å². The molecule has 3 atom stereocenters. The van der Waals surface area contributed by atoms with E-state index >= 15 is 0 Å². The standard InChI is InChI=1S/C18H25N3O5S/c1-12-5-3-4-6-15(12)19-17(22)13(2)26-18(23)14-7-8-16-20-27(24,25)10-9-21(16)11-14/h7-8,11-13,15H,3-6,9-10H2,1-2H3,(H,19,22). The van der Waals surface area contributed by atoms with Gasteiger partial charge in [0.15, 0.2) is 6.10 Å². The van der Waals surface area contributed by atoms with E-state index in [0.29, 0.717) is 5.92 Å². The van der Waals surface area contributed by atoms with E-state index in [9.17, 15) is 18.0 Å². The van der Waals surface area contributed by atoms with Gasteiger partial charge in [0.1, 0.15) is 5.84 Å². The third kappa shape index (κ3) is 4.77. The zero-order chi connectivity index (χ0) is 19.6. The van der Waals surface area contributed by atoms with Crippen LogP contribution >= 0.6 is 0 Å². The number of nitrogens with one attached hydrogen (secondary N) is 1. The number of carbonyl (C=O) groups excluding carboxylic acids is 2. The van der Waals surface area contributed by atoms with Crippen LogP contribution in [0.4, 0.5) is 0 Å². The molecule has 8 nitrogen and oxygen atoms in total. The van der Waals surface area contributed by atoms with E-state index in [1.807, 2.05) is 0 Å². The molecule has 2 heterocycles. The molecule has 9 heteroatoms. The van der Waals surface area contributed by atoms with Crippen LogP contribution in [0.2, 0.25) is 0 Å². The predicted molar refractivity (Wildman–Crippen MR) is 100 cm³/mol. The average molecular weight is 395 g/mol. The first-order valence-electron chi connectivity index (χ1n) is 9.26. The van der Waals surface area contributed by atoms with Crippen molar-refractivity contribution >= 4 is 27.7 Å². The molecular weight excluding hydrogens is 370 g/mol. The summed E-state index contributed by atoms with van der Waals surface area (Å²) in [4.78, 5) is 26.3. The third-order valence-corrected chi connectivity index (χ3v) is 6.32. The number of hydrogen-bond acceptors (Lipinski definition) is 6. The van der Waals surface area contributed by atoms with Crippen molar-refractivity contribution in [1.29, 1.82) is 0 Å². The molecule has 1 aliphatic carbocycles. The van der Waals surface area contributed by atoms with Crippen molar-refractivity contribution in [2.45, 2.75) is 51.7 Å². The van der Waals surface area contributed by atoms with Crippen LogP contribution in [0, 0.1) is 5.92 Å². The molecule has 0 aromatic heterocycles. The Kier molecular flexibility index (Phi) is 5.69. The van der Waals surface area contributed by atoms with Gasteiger partial charge in [0.05, 0.1) is 11.3 Å². The number of nitrogens with zero attached hydrogens (tertiary/aromatic N) is 2. The van der Waals surface area contributed by atoms with Gasteiger partial charge in [-0.25, -0.2) is 13.2 Å². The van der Waals surface area contributed by atoms with Gasteiger partial charge in [0, 0.05) is 18.8 Å². The second kappa shape index (κ2) is 7.84. The highest BCUT2D eigenvalue weighted by atomic mass is 32.2. The summed E-state index contributed by atoms with van der Waals surface area (Å²) < 4.78 is 32.0. The van der Waals surface area contributed by atoms with Gasteiger partial charge in [0.2, 0.25) is 0 Å². The van der Waals surface area contributed by atoms with Crippen molar-refractivity contribution in [3.63, 3.8) is 0 Å². The first kappa shape index (κ1) is 19.6. The summed E-state index contributed by atoms with van der Waals surface area (Å²) in [6.07, 6.45) is 7.82. The average Bonchev–Trinajstić information content (AvgIpc) is 2.62. The molecule has 0 bridgehead atoms. The van der Waals surface area contributed by atoms with Gasteiger partial charge >= 0.3 is 5.97 Å². The van der Waals surface area contributed by atoms with E-state index in [1.165, 1.54) is 24.8 Å². The number of fused-ring (bicyclic) bond motifs is 1. The fourth-order valence-corrected chi connectivity index (χ4v) is 4.40. The molecule has 148 valence electrons.